The van der Waals surface area contributed by atoms with Crippen molar-refractivity contribution in [3.05, 3.63) is 48.0 Å². The second-order valence-electron chi connectivity index (χ2n) is 16.2. The molecule has 2 fully saturated rings. The van der Waals surface area contributed by atoms with Crippen molar-refractivity contribution in [2.45, 2.75) is 148 Å². The van der Waals surface area contributed by atoms with E-state index in [4.69, 9.17) is 4.43 Å². The Kier molecular flexibility index (Phi) is 11.5. The predicted molar refractivity (Wildman–Crippen MR) is 183 cm³/mol. The summed E-state index contributed by atoms with van der Waals surface area (Å²) in [6.07, 6.45) is 6.47. The lowest BCUT2D eigenvalue weighted by Gasteiger charge is -2.57. The van der Waals surface area contributed by atoms with Crippen molar-refractivity contribution >= 4 is 34.2 Å². The van der Waals surface area contributed by atoms with Gasteiger partial charge in [0.15, 0.2) is 8.32 Å². The van der Waals surface area contributed by atoms with Crippen molar-refractivity contribution in [1.29, 1.82) is 0 Å². The third kappa shape index (κ3) is 9.88. The largest absolute Gasteiger partial charge is 0.413 e. The Bertz CT molecular complexity index is 1130. The first kappa shape index (κ1) is 37.0. The molecule has 43 heavy (non-hydrogen) atoms. The smallest absolute Gasteiger partial charge is 0.325 e. The quantitative estimate of drug-likeness (QED) is 0.171. The molecule has 2 aliphatic rings. The van der Waals surface area contributed by atoms with Crippen LogP contribution in [0.5, 0.6) is 0 Å². The van der Waals surface area contributed by atoms with E-state index in [0.717, 1.165) is 5.56 Å². The van der Waals surface area contributed by atoms with Gasteiger partial charge in [0.05, 0.1) is 12.1 Å². The maximum absolute atomic E-state index is 13.4. The molecular weight excluding hydrogens is 571 g/mol. The minimum atomic E-state index is -1.41. The van der Waals surface area contributed by atoms with Crippen molar-refractivity contribution in [2.75, 3.05) is 0 Å². The SMILES string of the molecule is C/C=C/C(=O)N1C(C)(C)CC2(CC1(C)C)NC(=O)N(Cc1ccccc1)C2=O.CCCC(C)(C[Si](C)(C)C)O[Si](C)(C)C. The zero-order chi connectivity index (χ0) is 33.1. The lowest BCUT2D eigenvalue weighted by atomic mass is 9.68. The van der Waals surface area contributed by atoms with Crippen LogP contribution < -0.4 is 5.32 Å². The zero-order valence-electron chi connectivity index (χ0n) is 29.3. The molecule has 3 rings (SSSR count). The van der Waals surface area contributed by atoms with E-state index in [2.05, 4.69) is 58.4 Å². The van der Waals surface area contributed by atoms with E-state index in [1.807, 2.05) is 69.9 Å². The van der Waals surface area contributed by atoms with Crippen molar-refractivity contribution in [3.63, 3.8) is 0 Å². The number of allylic oxidation sites excluding steroid dienone is 1. The molecule has 1 aromatic rings. The first-order valence-electron chi connectivity index (χ1n) is 15.9. The van der Waals surface area contributed by atoms with Gasteiger partial charge in [-0.15, -0.1) is 0 Å². The van der Waals surface area contributed by atoms with Crippen LogP contribution in [0, 0.1) is 0 Å². The highest BCUT2D eigenvalue weighted by molar-refractivity contribution is 6.76. The maximum Gasteiger partial charge on any atom is 0.325 e. The Hall–Kier alpha value is -2.24. The van der Waals surface area contributed by atoms with E-state index >= 15 is 0 Å². The van der Waals surface area contributed by atoms with Gasteiger partial charge in [0, 0.05) is 32.0 Å². The van der Waals surface area contributed by atoms with E-state index in [0.29, 0.717) is 12.8 Å². The molecule has 0 bridgehead atoms. The van der Waals surface area contributed by atoms with E-state index < -0.39 is 33.0 Å². The lowest BCUT2D eigenvalue weighted by molar-refractivity contribution is -0.154. The van der Waals surface area contributed by atoms with Crippen LogP contribution in [0.2, 0.25) is 45.3 Å². The number of imide groups is 1. The molecule has 0 saturated carbocycles. The highest BCUT2D eigenvalue weighted by atomic mass is 28.4. The monoisotopic (exact) mass is 629 g/mol. The first-order valence-corrected chi connectivity index (χ1v) is 23.0. The van der Waals surface area contributed by atoms with E-state index in [9.17, 15) is 14.4 Å². The van der Waals surface area contributed by atoms with Crippen molar-refractivity contribution in [2.24, 2.45) is 0 Å². The molecule has 1 N–H and O–H groups in total. The number of amides is 4. The summed E-state index contributed by atoms with van der Waals surface area (Å²) < 4.78 is 6.42. The number of hydrogen-bond donors (Lipinski definition) is 1. The van der Waals surface area contributed by atoms with E-state index in [-0.39, 0.29) is 30.0 Å². The molecule has 2 aliphatic heterocycles. The van der Waals surface area contributed by atoms with Crippen LogP contribution >= 0.6 is 0 Å². The third-order valence-electron chi connectivity index (χ3n) is 7.87. The van der Waals surface area contributed by atoms with Crippen molar-refractivity contribution in [1.82, 2.24) is 15.1 Å². The molecule has 2 saturated heterocycles. The number of carbonyl (C=O) groups is 3. The Balaban J connectivity index is 0.000000367. The standard InChI is InChI=1S/C22H29N3O3.C12H30OSi2/c1-6-10-17(26)25-20(2,3)14-22(15-21(25,4)5)18(27)24(19(28)23-22)13-16-11-8-7-9-12-16;1-9-10-12(2,11-14(3,4)5)13-15(6,7)8/h6-12H,13-15H2,1-5H3,(H,23,28);9-11H2,1-8H3/b10-6+;. The summed E-state index contributed by atoms with van der Waals surface area (Å²) in [4.78, 5) is 42.0. The molecule has 242 valence electrons. The third-order valence-corrected chi connectivity index (χ3v) is 10.8. The highest BCUT2D eigenvalue weighted by Crippen LogP contribution is 2.46. The second kappa shape index (κ2) is 13.4. The first-order chi connectivity index (χ1) is 19.5. The molecule has 2 heterocycles. The van der Waals surface area contributed by atoms with Crippen LogP contribution in [-0.4, -0.2) is 66.3 Å². The summed E-state index contributed by atoms with van der Waals surface area (Å²) in [5, 5.41) is 2.97. The van der Waals surface area contributed by atoms with Gasteiger partial charge in [-0.2, -0.15) is 0 Å². The van der Waals surface area contributed by atoms with Crippen LogP contribution in [0.15, 0.2) is 42.5 Å². The number of likely N-dealkylation sites (tertiary alicyclic amines) is 1. The number of nitrogens with one attached hydrogen (secondary N) is 1. The van der Waals surface area contributed by atoms with Gasteiger partial charge in [0.1, 0.15) is 5.54 Å². The van der Waals surface area contributed by atoms with Gasteiger partial charge in [-0.3, -0.25) is 14.5 Å². The molecule has 0 aromatic heterocycles. The second-order valence-corrected chi connectivity index (χ2v) is 26.1. The van der Waals surface area contributed by atoms with Gasteiger partial charge >= 0.3 is 6.03 Å². The lowest BCUT2D eigenvalue weighted by Crippen LogP contribution is -2.70. The summed E-state index contributed by atoms with van der Waals surface area (Å²) in [7, 11) is -2.44. The molecule has 1 aromatic carbocycles. The van der Waals surface area contributed by atoms with Crippen molar-refractivity contribution in [3.8, 4) is 0 Å². The molecule has 1 unspecified atom stereocenters. The Morgan fingerprint density at radius 3 is 1.98 bits per heavy atom. The van der Waals surface area contributed by atoms with Gasteiger partial charge in [-0.25, -0.2) is 4.79 Å². The average molecular weight is 630 g/mol. The van der Waals surface area contributed by atoms with Crippen LogP contribution in [0.4, 0.5) is 4.79 Å². The predicted octanol–water partition coefficient (Wildman–Crippen LogP) is 7.97. The molecule has 0 aliphatic carbocycles. The maximum atomic E-state index is 13.4. The fourth-order valence-corrected chi connectivity index (χ4v) is 12.0. The number of rotatable bonds is 9. The Morgan fingerprint density at radius 1 is 1.00 bits per heavy atom. The normalized spacial score (nSPS) is 21.0. The number of benzene rings is 1. The Morgan fingerprint density at radius 2 is 1.53 bits per heavy atom. The molecule has 4 amide bonds. The van der Waals surface area contributed by atoms with Crippen LogP contribution in [0.25, 0.3) is 0 Å². The van der Waals surface area contributed by atoms with Crippen LogP contribution in [0.1, 0.15) is 79.7 Å². The molecule has 1 atom stereocenters. The van der Waals surface area contributed by atoms with Crippen LogP contribution in [0.3, 0.4) is 0 Å². The van der Waals surface area contributed by atoms with Gasteiger partial charge < -0.3 is 14.6 Å². The summed E-state index contributed by atoms with van der Waals surface area (Å²) in [5.41, 5.74) is -1.13. The van der Waals surface area contributed by atoms with Crippen molar-refractivity contribution < 1.29 is 18.8 Å². The number of urea groups is 1. The van der Waals surface area contributed by atoms with Gasteiger partial charge in [0.2, 0.25) is 5.91 Å². The summed E-state index contributed by atoms with van der Waals surface area (Å²) in [6.45, 7) is 28.7. The van der Waals surface area contributed by atoms with E-state index in [1.165, 1.54) is 23.8 Å². The van der Waals surface area contributed by atoms with E-state index in [1.54, 1.807) is 12.2 Å². The fraction of sp³-hybridized carbons (Fsp3) is 0.676. The molecule has 0 radical (unpaired) electrons. The molecule has 9 heteroatoms. The number of carbonyl (C=O) groups excluding carboxylic acids is 3. The minimum Gasteiger partial charge on any atom is -0.413 e. The number of piperidine rings is 1. The Labute approximate surface area is 264 Å². The summed E-state index contributed by atoms with van der Waals surface area (Å²) in [6, 6.07) is 10.4. The summed E-state index contributed by atoms with van der Waals surface area (Å²) in [5.74, 6) is -0.286. The van der Waals surface area contributed by atoms with Gasteiger partial charge in [0.25, 0.3) is 5.91 Å². The van der Waals surface area contributed by atoms with Crippen LogP contribution in [-0.2, 0) is 20.6 Å². The fourth-order valence-electron chi connectivity index (χ4n) is 7.72. The minimum absolute atomic E-state index is 0.0785. The topological polar surface area (TPSA) is 79.0 Å². The average Bonchev–Trinajstić information content (AvgIpc) is 2.99. The van der Waals surface area contributed by atoms with Gasteiger partial charge in [-0.1, -0.05) is 69.4 Å². The zero-order valence-corrected chi connectivity index (χ0v) is 31.3. The highest BCUT2D eigenvalue weighted by Gasteiger charge is 2.61. The molecular formula is C34H59N3O4Si2. The number of hydrogen-bond acceptors (Lipinski definition) is 4. The summed E-state index contributed by atoms with van der Waals surface area (Å²) >= 11 is 0. The van der Waals surface area contributed by atoms with Gasteiger partial charge in [-0.05, 0) is 85.3 Å². The molecule has 7 nitrogen and oxygen atoms in total. The number of nitrogens with zero attached hydrogens (tertiary/aromatic N) is 2. The molecule has 1 spiro atoms.